The number of nitrogens with one attached hydrogen (secondary N) is 2. The Labute approximate surface area is 276 Å². The second-order valence-electron chi connectivity index (χ2n) is 13.8. The highest BCUT2D eigenvalue weighted by molar-refractivity contribution is 5.91. The van der Waals surface area contributed by atoms with Crippen LogP contribution in [0.1, 0.15) is 70.7 Å². The number of nitrogen functional groups attached to an aromatic ring is 1. The van der Waals surface area contributed by atoms with Crippen molar-refractivity contribution >= 4 is 35.4 Å². The molecule has 0 saturated carbocycles. The Hall–Kier alpha value is -4.10. The van der Waals surface area contributed by atoms with E-state index in [0.717, 1.165) is 70.8 Å². The van der Waals surface area contributed by atoms with Gasteiger partial charge in [-0.2, -0.15) is 5.10 Å². The second-order valence-corrected chi connectivity index (χ2v) is 13.8. The molecule has 2 fully saturated rings. The maximum Gasteiger partial charge on any atom is 0.172 e. The molecule has 0 bridgehead atoms. The lowest BCUT2D eigenvalue weighted by molar-refractivity contribution is -0.111. The van der Waals surface area contributed by atoms with Crippen LogP contribution in [0.4, 0.5) is 15.9 Å². The van der Waals surface area contributed by atoms with Gasteiger partial charge < -0.3 is 46.7 Å². The average molecular weight is 655 g/mol. The van der Waals surface area contributed by atoms with Crippen molar-refractivity contribution in [3.05, 3.63) is 47.1 Å². The molecule has 0 spiro atoms. The number of phenolic OH excluding ortho intramolecular Hbond substituents is 1. The molecule has 13 heteroatoms. The van der Waals surface area contributed by atoms with E-state index < -0.39 is 23.1 Å². The van der Waals surface area contributed by atoms with Crippen LogP contribution >= 0.6 is 0 Å². The number of para-hydroxylation sites is 1. The number of hydrogen-bond acceptors (Lipinski definition) is 10. The third-order valence-corrected chi connectivity index (χ3v) is 9.13. The number of nitrogens with two attached hydrogens (primary N) is 2. The lowest BCUT2D eigenvalue weighted by Gasteiger charge is -2.38. The third-order valence-electron chi connectivity index (χ3n) is 9.13. The van der Waals surface area contributed by atoms with Crippen LogP contribution in [0.2, 0.25) is 0 Å². The van der Waals surface area contributed by atoms with Crippen molar-refractivity contribution in [3.63, 3.8) is 0 Å². The summed E-state index contributed by atoms with van der Waals surface area (Å²) in [7, 11) is 0. The van der Waals surface area contributed by atoms with Crippen molar-refractivity contribution in [2.24, 2.45) is 23.5 Å². The van der Waals surface area contributed by atoms with E-state index in [2.05, 4.69) is 10.2 Å². The summed E-state index contributed by atoms with van der Waals surface area (Å²) in [6, 6.07) is 4.20. The van der Waals surface area contributed by atoms with E-state index in [0.29, 0.717) is 23.1 Å². The number of carbonyl (C=O) groups excluding carboxylic acids is 1. The number of benzene rings is 1. The molecule has 0 amide bonds. The lowest BCUT2D eigenvalue weighted by Crippen LogP contribution is -2.43. The van der Waals surface area contributed by atoms with Crippen molar-refractivity contribution in [2.75, 3.05) is 50.3 Å². The molecule has 47 heavy (non-hydrogen) atoms. The fraction of sp³-hybridized carbons (Fsp3) is 0.559. The molecule has 0 aliphatic carbocycles. The Morgan fingerprint density at radius 2 is 1.85 bits per heavy atom. The van der Waals surface area contributed by atoms with E-state index in [-0.39, 0.29) is 41.4 Å². The van der Waals surface area contributed by atoms with Gasteiger partial charge in [-0.15, -0.1) is 0 Å². The highest BCUT2D eigenvalue weighted by Crippen LogP contribution is 2.34. The number of likely N-dealkylation sites (tertiary alicyclic amines) is 2. The number of aliphatic hydroxyl groups excluding tert-OH is 1. The fourth-order valence-electron chi connectivity index (χ4n) is 6.25. The number of piperidine rings is 2. The number of nitrogens with zero attached hydrogens (tertiary/aromatic N) is 4. The predicted molar refractivity (Wildman–Crippen MR) is 183 cm³/mol. The van der Waals surface area contributed by atoms with Crippen molar-refractivity contribution in [3.8, 4) is 5.75 Å². The minimum atomic E-state index is -0.994. The first-order valence-corrected chi connectivity index (χ1v) is 16.4. The van der Waals surface area contributed by atoms with E-state index in [4.69, 9.17) is 22.0 Å². The molecule has 2 saturated heterocycles. The zero-order chi connectivity index (χ0) is 34.5. The second kappa shape index (κ2) is 15.2. The molecule has 2 aliphatic rings. The number of amidine groups is 1. The Kier molecular flexibility index (Phi) is 11.6. The van der Waals surface area contributed by atoms with E-state index in [9.17, 15) is 24.5 Å². The number of phenols is 1. The van der Waals surface area contributed by atoms with Gasteiger partial charge in [-0.05, 0) is 69.6 Å². The number of halogens is 1. The van der Waals surface area contributed by atoms with Gasteiger partial charge in [0.1, 0.15) is 23.6 Å². The van der Waals surface area contributed by atoms with Crippen LogP contribution in [-0.4, -0.2) is 91.9 Å². The number of rotatable bonds is 12. The summed E-state index contributed by atoms with van der Waals surface area (Å²) in [6.07, 6.45) is 7.27. The largest absolute Gasteiger partial charge is 0.511 e. The highest BCUT2D eigenvalue weighted by atomic mass is 19.1. The Balaban J connectivity index is 1.40. The van der Waals surface area contributed by atoms with Gasteiger partial charge in [0.25, 0.3) is 0 Å². The summed E-state index contributed by atoms with van der Waals surface area (Å²) in [5, 5.41) is 47.2. The van der Waals surface area contributed by atoms with Gasteiger partial charge in [0, 0.05) is 56.6 Å². The summed E-state index contributed by atoms with van der Waals surface area (Å²) in [5.74, 6) is -0.851. The molecule has 4 rings (SSSR count). The first-order valence-electron chi connectivity index (χ1n) is 16.4. The lowest BCUT2D eigenvalue weighted by atomic mass is 9.93. The van der Waals surface area contributed by atoms with Gasteiger partial charge in [-0.25, -0.2) is 4.39 Å². The average Bonchev–Trinajstić information content (AvgIpc) is 3.32. The molecule has 2 aliphatic heterocycles. The molecule has 3 heterocycles. The minimum Gasteiger partial charge on any atom is -0.511 e. The van der Waals surface area contributed by atoms with Crippen LogP contribution in [0.25, 0.3) is 11.8 Å². The van der Waals surface area contributed by atoms with Crippen LogP contribution < -0.4 is 16.8 Å². The van der Waals surface area contributed by atoms with Crippen LogP contribution in [0, 0.1) is 29.0 Å². The van der Waals surface area contributed by atoms with Crippen molar-refractivity contribution in [2.45, 2.75) is 65.0 Å². The fourth-order valence-corrected chi connectivity index (χ4v) is 6.25. The summed E-state index contributed by atoms with van der Waals surface area (Å²) >= 11 is 0. The first kappa shape index (κ1) is 35.7. The van der Waals surface area contributed by atoms with Gasteiger partial charge in [0.05, 0.1) is 23.3 Å². The Bertz CT molecular complexity index is 1470. The van der Waals surface area contributed by atoms with Crippen molar-refractivity contribution in [1.82, 2.24) is 19.6 Å². The van der Waals surface area contributed by atoms with Gasteiger partial charge in [0.15, 0.2) is 17.4 Å². The van der Waals surface area contributed by atoms with Gasteiger partial charge in [-0.1, -0.05) is 19.9 Å². The summed E-state index contributed by atoms with van der Waals surface area (Å²) < 4.78 is 15.9. The topological polar surface area (TPSA) is 190 Å². The summed E-state index contributed by atoms with van der Waals surface area (Å²) in [5.41, 5.74) is 13.1. The smallest absolute Gasteiger partial charge is 0.172 e. The van der Waals surface area contributed by atoms with Gasteiger partial charge in [0.2, 0.25) is 0 Å². The number of aromatic hydroxyl groups is 1. The number of anilines is 2. The highest BCUT2D eigenvalue weighted by Gasteiger charge is 2.29. The van der Waals surface area contributed by atoms with E-state index >= 15 is 0 Å². The van der Waals surface area contributed by atoms with E-state index in [1.807, 2.05) is 23.4 Å². The molecule has 9 N–H and O–H groups in total. The van der Waals surface area contributed by atoms with Crippen LogP contribution in [0.3, 0.4) is 0 Å². The maximum absolute atomic E-state index is 14.1. The number of aliphatic hydroxyl groups is 2. The standard InChI is InChI=1S/C34H51FN8O4/c1-21(2)25(19-44)29(45)17-30(37)42-14-8-22(9-15-42)18-41-12-10-23(11-13-41)43-28(31(38)33(40-43)39-20-34(3,4)47)16-27(36)24-6-5-7-26(35)32(24)46/h5-7,16-17,19,21-23,25,37,45-47H,8-15,18,20,36,38H2,1-4H3,(H,39,40)/b27-16-,29-17-,37-30?. The number of aromatic nitrogens is 2. The molecule has 0 radical (unpaired) electrons. The minimum absolute atomic E-state index is 0.0224. The Morgan fingerprint density at radius 1 is 1.19 bits per heavy atom. The van der Waals surface area contributed by atoms with Crippen LogP contribution in [-0.2, 0) is 4.79 Å². The molecular weight excluding hydrogens is 603 g/mol. The van der Waals surface area contributed by atoms with Crippen molar-refractivity contribution < 1.29 is 24.5 Å². The van der Waals surface area contributed by atoms with E-state index in [1.165, 1.54) is 18.2 Å². The number of carbonyl (C=O) groups is 1. The quantitative estimate of drug-likeness (QED) is 0.0756. The Morgan fingerprint density at radius 3 is 2.45 bits per heavy atom. The molecule has 1 aromatic heterocycles. The van der Waals surface area contributed by atoms with Crippen LogP contribution in [0.5, 0.6) is 5.75 Å². The maximum atomic E-state index is 14.1. The van der Waals surface area contributed by atoms with E-state index in [1.54, 1.807) is 19.9 Å². The number of allylic oxidation sites excluding steroid dienone is 1. The SMILES string of the molecule is CC(C)C(C=O)/C(O)=C/C(=N)N1CCC(CN2CCC(n3nc(NCC(C)(C)O)c(N)c3/C=C(\N)c3cccc(F)c3O)CC2)CC1. The monoisotopic (exact) mass is 654 g/mol. The molecule has 2 aromatic rings. The van der Waals surface area contributed by atoms with Gasteiger partial charge >= 0.3 is 0 Å². The van der Waals surface area contributed by atoms with Gasteiger partial charge in [-0.3, -0.25) is 10.1 Å². The summed E-state index contributed by atoms with van der Waals surface area (Å²) in [4.78, 5) is 15.8. The normalized spacial score (nSPS) is 18.5. The number of aldehydes is 1. The molecule has 1 unspecified atom stereocenters. The molecule has 1 atom stereocenters. The zero-order valence-corrected chi connectivity index (χ0v) is 27.9. The van der Waals surface area contributed by atoms with Crippen LogP contribution in [0.15, 0.2) is 30.0 Å². The third kappa shape index (κ3) is 9.04. The van der Waals surface area contributed by atoms with Crippen molar-refractivity contribution in [1.29, 1.82) is 5.41 Å². The zero-order valence-electron chi connectivity index (χ0n) is 27.9. The summed E-state index contributed by atoms with van der Waals surface area (Å²) in [6.45, 7) is 11.4. The predicted octanol–water partition coefficient (Wildman–Crippen LogP) is 4.19. The molecule has 258 valence electrons. The molecule has 12 nitrogen and oxygen atoms in total. The molecule has 1 aromatic carbocycles. The molecular formula is C34H51FN8O4. The first-order chi connectivity index (χ1) is 22.2. The number of hydrogen-bond donors (Lipinski definition) is 7.